The van der Waals surface area contributed by atoms with Crippen LogP contribution in [0.15, 0.2) is 42.2 Å². The molecule has 0 radical (unpaired) electrons. The lowest BCUT2D eigenvalue weighted by atomic mass is 9.80. The molecule has 3 aromatic rings. The number of halogens is 1. The number of aryl methyl sites for hydroxylation is 1. The number of anilines is 1. The molecular formula is C25H27ClN4O5S2. The smallest absolute Gasteiger partial charge is 0.333 e. The van der Waals surface area contributed by atoms with Crippen LogP contribution in [0.25, 0.3) is 0 Å². The molecule has 0 bridgehead atoms. The summed E-state index contributed by atoms with van der Waals surface area (Å²) in [5, 5.41) is 21.2. The fraction of sp³-hybridized carbons (Fsp3) is 0.400. The van der Waals surface area contributed by atoms with E-state index in [0.717, 1.165) is 24.8 Å². The molecule has 196 valence electrons. The van der Waals surface area contributed by atoms with Gasteiger partial charge in [0.15, 0.2) is 0 Å². The fourth-order valence-corrected chi connectivity index (χ4v) is 6.75. The summed E-state index contributed by atoms with van der Waals surface area (Å²) in [7, 11) is -4.09. The summed E-state index contributed by atoms with van der Waals surface area (Å²) in [4.78, 5) is 22.4. The molecule has 2 aliphatic rings. The third kappa shape index (κ3) is 6.02. The van der Waals surface area contributed by atoms with E-state index in [2.05, 4.69) is 25.5 Å². The van der Waals surface area contributed by atoms with Gasteiger partial charge in [-0.25, -0.2) is 15.1 Å². The van der Waals surface area contributed by atoms with Crippen molar-refractivity contribution < 1.29 is 22.5 Å². The van der Waals surface area contributed by atoms with E-state index in [9.17, 15) is 18.3 Å². The number of aromatic nitrogens is 2. The first-order valence-corrected chi connectivity index (χ1v) is 14.7. The van der Waals surface area contributed by atoms with E-state index in [1.54, 1.807) is 0 Å². The number of hydrogen-bond acceptors (Lipinski definition) is 9. The average Bonchev–Trinajstić information content (AvgIpc) is 3.48. The van der Waals surface area contributed by atoms with Crippen LogP contribution < -0.4 is 10.5 Å². The van der Waals surface area contributed by atoms with Gasteiger partial charge in [0, 0.05) is 29.1 Å². The summed E-state index contributed by atoms with van der Waals surface area (Å²) in [6.07, 6.45) is 5.96. The summed E-state index contributed by atoms with van der Waals surface area (Å²) >= 11 is 7.68. The minimum absolute atomic E-state index is 0.186. The molecule has 2 aromatic heterocycles. The predicted octanol–water partition coefficient (Wildman–Crippen LogP) is 3.66. The highest BCUT2D eigenvalue weighted by Gasteiger charge is 2.35. The van der Waals surface area contributed by atoms with E-state index in [1.807, 2.05) is 23.6 Å². The minimum Gasteiger partial charge on any atom is -0.393 e. The summed E-state index contributed by atoms with van der Waals surface area (Å²) in [6, 6.07) is 7.77. The Morgan fingerprint density at radius 2 is 2.14 bits per heavy atom. The SMILES string of the molecule is NS(=O)(=O)OC[C@H]1C[C@@H](Nc2ncncc2C(=O)c2cc(C3CCCc4ccc(Cl)cc43)cs2)C[C@@H]1O. The molecule has 5 rings (SSSR count). The van der Waals surface area contributed by atoms with Crippen molar-refractivity contribution in [3.8, 4) is 0 Å². The number of benzene rings is 1. The summed E-state index contributed by atoms with van der Waals surface area (Å²) < 4.78 is 26.9. The number of nitrogens with two attached hydrogens (primary N) is 1. The van der Waals surface area contributed by atoms with Gasteiger partial charge < -0.3 is 10.4 Å². The number of carbonyl (C=O) groups is 1. The van der Waals surface area contributed by atoms with Crippen molar-refractivity contribution in [1.82, 2.24) is 9.97 Å². The topological polar surface area (TPSA) is 144 Å². The quantitative estimate of drug-likeness (QED) is 0.353. The van der Waals surface area contributed by atoms with Crippen LogP contribution in [-0.2, 0) is 20.9 Å². The van der Waals surface area contributed by atoms with E-state index in [4.69, 9.17) is 16.7 Å². The summed E-state index contributed by atoms with van der Waals surface area (Å²) in [6.45, 7) is -0.207. The Morgan fingerprint density at radius 1 is 1.30 bits per heavy atom. The summed E-state index contributed by atoms with van der Waals surface area (Å²) in [5.74, 6) is -0.0334. The monoisotopic (exact) mass is 562 g/mol. The van der Waals surface area contributed by atoms with E-state index >= 15 is 0 Å². The van der Waals surface area contributed by atoms with Crippen molar-refractivity contribution in [2.45, 2.75) is 50.2 Å². The molecule has 9 nitrogen and oxygen atoms in total. The van der Waals surface area contributed by atoms with Crippen LogP contribution in [0.2, 0.25) is 5.02 Å². The van der Waals surface area contributed by atoms with E-state index in [1.165, 1.54) is 35.0 Å². The number of rotatable bonds is 8. The normalized spacial score (nSPS) is 23.5. The molecule has 4 N–H and O–H groups in total. The molecule has 1 fully saturated rings. The Kier molecular flexibility index (Phi) is 7.62. The highest BCUT2D eigenvalue weighted by molar-refractivity contribution is 7.84. The van der Waals surface area contributed by atoms with Crippen molar-refractivity contribution in [2.24, 2.45) is 11.1 Å². The van der Waals surface area contributed by atoms with E-state index in [0.29, 0.717) is 34.1 Å². The Balaban J connectivity index is 1.32. The Hall–Kier alpha value is -2.41. The van der Waals surface area contributed by atoms with Gasteiger partial charge in [-0.05, 0) is 72.4 Å². The number of fused-ring (bicyclic) bond motifs is 1. The number of nitrogens with zero attached hydrogens (tertiary/aromatic N) is 2. The van der Waals surface area contributed by atoms with Gasteiger partial charge in [0.25, 0.3) is 0 Å². The number of carbonyl (C=O) groups excluding carboxylic acids is 1. The molecule has 0 amide bonds. The molecule has 0 spiro atoms. The van der Waals surface area contributed by atoms with Gasteiger partial charge >= 0.3 is 10.3 Å². The maximum atomic E-state index is 13.5. The lowest BCUT2D eigenvalue weighted by molar-refractivity contribution is 0.101. The van der Waals surface area contributed by atoms with Gasteiger partial charge in [0.2, 0.25) is 5.78 Å². The highest BCUT2D eigenvalue weighted by Crippen LogP contribution is 2.40. The second-order valence-corrected chi connectivity index (χ2v) is 12.1. The van der Waals surface area contributed by atoms with Gasteiger partial charge in [-0.2, -0.15) is 8.42 Å². The first-order valence-electron chi connectivity index (χ1n) is 12.0. The molecule has 2 aliphatic carbocycles. The van der Waals surface area contributed by atoms with Crippen molar-refractivity contribution in [1.29, 1.82) is 0 Å². The second kappa shape index (κ2) is 10.8. The maximum absolute atomic E-state index is 13.5. The molecule has 12 heteroatoms. The van der Waals surface area contributed by atoms with Crippen LogP contribution in [0, 0.1) is 5.92 Å². The Bertz CT molecular complexity index is 1410. The number of ketones is 1. The molecule has 37 heavy (non-hydrogen) atoms. The number of aliphatic hydroxyl groups is 1. The number of nitrogens with one attached hydrogen (secondary N) is 1. The van der Waals surface area contributed by atoms with Gasteiger partial charge in [-0.15, -0.1) is 11.3 Å². The lowest BCUT2D eigenvalue weighted by Crippen LogP contribution is -2.24. The number of aliphatic hydroxyl groups excluding tert-OH is 1. The van der Waals surface area contributed by atoms with Crippen molar-refractivity contribution in [2.75, 3.05) is 11.9 Å². The van der Waals surface area contributed by atoms with Gasteiger partial charge in [0.1, 0.15) is 12.1 Å². The molecule has 1 unspecified atom stereocenters. The third-order valence-electron chi connectivity index (χ3n) is 7.07. The number of hydrogen-bond donors (Lipinski definition) is 3. The maximum Gasteiger partial charge on any atom is 0.333 e. The Morgan fingerprint density at radius 3 is 2.95 bits per heavy atom. The molecule has 4 atom stereocenters. The molecular weight excluding hydrogens is 536 g/mol. The highest BCUT2D eigenvalue weighted by atomic mass is 35.5. The van der Waals surface area contributed by atoms with Crippen molar-refractivity contribution in [3.05, 3.63) is 74.3 Å². The lowest BCUT2D eigenvalue weighted by Gasteiger charge is -2.25. The van der Waals surface area contributed by atoms with Gasteiger partial charge in [0.05, 0.1) is 23.2 Å². The molecule has 2 heterocycles. The van der Waals surface area contributed by atoms with Crippen LogP contribution >= 0.6 is 22.9 Å². The van der Waals surface area contributed by atoms with Crippen LogP contribution in [-0.4, -0.2) is 48.0 Å². The second-order valence-electron chi connectivity index (χ2n) is 9.56. The Labute approximate surface area is 224 Å². The van der Waals surface area contributed by atoms with Crippen LogP contribution in [0.4, 0.5) is 5.82 Å². The van der Waals surface area contributed by atoms with Crippen molar-refractivity contribution >= 4 is 44.8 Å². The standard InChI is InChI=1S/C25H27ClN4O5S2/c26-17-5-4-14-2-1-3-19(20(14)8-17)16-7-23(36-12-16)24(32)21-10-28-13-29-25(21)30-18-6-15(22(31)9-18)11-35-37(27,33)34/h4-5,7-8,10,12-13,15,18-19,22,31H,1-3,6,9,11H2,(H2,27,33,34)(H,28,29,30)/t15-,18-,19?,22+/m1/s1. The zero-order chi connectivity index (χ0) is 26.2. The number of thiophene rings is 1. The zero-order valence-corrected chi connectivity index (χ0v) is 22.2. The van der Waals surface area contributed by atoms with E-state index in [-0.39, 0.29) is 24.3 Å². The summed E-state index contributed by atoms with van der Waals surface area (Å²) in [5.41, 5.74) is 3.96. The van der Waals surface area contributed by atoms with Gasteiger partial charge in [-0.3, -0.25) is 8.98 Å². The molecule has 0 aliphatic heterocycles. The van der Waals surface area contributed by atoms with Crippen LogP contribution in [0.5, 0.6) is 0 Å². The third-order valence-corrected chi connectivity index (χ3v) is 8.72. The fourth-order valence-electron chi connectivity index (χ4n) is 5.29. The van der Waals surface area contributed by atoms with Crippen molar-refractivity contribution in [3.63, 3.8) is 0 Å². The van der Waals surface area contributed by atoms with E-state index < -0.39 is 22.3 Å². The molecule has 0 saturated heterocycles. The largest absolute Gasteiger partial charge is 0.393 e. The first-order chi connectivity index (χ1) is 17.7. The zero-order valence-electron chi connectivity index (χ0n) is 19.8. The predicted molar refractivity (Wildman–Crippen MR) is 141 cm³/mol. The molecule has 1 aromatic carbocycles. The van der Waals surface area contributed by atoms with Gasteiger partial charge in [-0.1, -0.05) is 17.7 Å². The average molecular weight is 563 g/mol. The van der Waals surface area contributed by atoms with Crippen LogP contribution in [0.1, 0.15) is 63.5 Å². The van der Waals surface area contributed by atoms with Crippen LogP contribution in [0.3, 0.4) is 0 Å². The molecule has 1 saturated carbocycles. The minimum atomic E-state index is -4.09. The first kappa shape index (κ1) is 26.2.